The molecule has 0 aliphatic rings. The average molecular weight is 230 g/mol. The number of aromatic nitrogens is 2. The fraction of sp³-hybridized carbons (Fsp3) is 0.444. The summed E-state index contributed by atoms with van der Waals surface area (Å²) in [4.78, 5) is 22.4. The first-order valence-electron chi connectivity index (χ1n) is 4.44. The van der Waals surface area contributed by atoms with E-state index in [4.69, 9.17) is 0 Å². The standard InChI is InChI=1S/C9H11FN2O4/c1-15-8(13)6-5-7(9(14)16-2)12(11-6)4-3-10/h5H,3-4H2,1-2H3. The normalized spacial score (nSPS) is 9.94. The molecule has 1 heterocycles. The van der Waals surface area contributed by atoms with Crippen LogP contribution in [0.1, 0.15) is 21.0 Å². The zero-order chi connectivity index (χ0) is 12.1. The van der Waals surface area contributed by atoms with Crippen molar-refractivity contribution in [3.63, 3.8) is 0 Å². The highest BCUT2D eigenvalue weighted by atomic mass is 19.1. The first kappa shape index (κ1) is 12.2. The Morgan fingerprint density at radius 3 is 2.50 bits per heavy atom. The summed E-state index contributed by atoms with van der Waals surface area (Å²) in [6, 6.07) is 1.20. The number of carbonyl (C=O) groups excluding carboxylic acids is 2. The lowest BCUT2D eigenvalue weighted by Gasteiger charge is -2.01. The lowest BCUT2D eigenvalue weighted by atomic mass is 10.3. The van der Waals surface area contributed by atoms with Crippen molar-refractivity contribution in [3.05, 3.63) is 17.5 Å². The minimum absolute atomic E-state index is 0.0144. The van der Waals surface area contributed by atoms with Crippen LogP contribution in [0.4, 0.5) is 4.39 Å². The Morgan fingerprint density at radius 2 is 2.00 bits per heavy atom. The summed E-state index contributed by atoms with van der Waals surface area (Å²) in [5, 5.41) is 3.74. The molecule has 88 valence electrons. The van der Waals surface area contributed by atoms with Gasteiger partial charge in [-0.05, 0) is 0 Å². The molecule has 0 fully saturated rings. The summed E-state index contributed by atoms with van der Waals surface area (Å²) in [7, 11) is 2.38. The van der Waals surface area contributed by atoms with Gasteiger partial charge in [0, 0.05) is 6.07 Å². The Balaban J connectivity index is 3.09. The van der Waals surface area contributed by atoms with Crippen molar-refractivity contribution >= 4 is 11.9 Å². The number of hydrogen-bond acceptors (Lipinski definition) is 5. The first-order valence-corrected chi connectivity index (χ1v) is 4.44. The molecule has 6 nitrogen and oxygen atoms in total. The van der Waals surface area contributed by atoms with Gasteiger partial charge in [-0.15, -0.1) is 0 Å². The fourth-order valence-electron chi connectivity index (χ4n) is 1.14. The second kappa shape index (κ2) is 5.24. The van der Waals surface area contributed by atoms with Crippen molar-refractivity contribution in [2.24, 2.45) is 0 Å². The van der Waals surface area contributed by atoms with Gasteiger partial charge in [0.15, 0.2) is 5.69 Å². The summed E-state index contributed by atoms with van der Waals surface area (Å²) < 4.78 is 22.2. The molecule has 0 saturated heterocycles. The predicted octanol–water partition coefficient (Wildman–Crippen LogP) is 0.426. The van der Waals surface area contributed by atoms with Crippen molar-refractivity contribution in [2.75, 3.05) is 20.9 Å². The molecule has 1 aromatic heterocycles. The summed E-state index contributed by atoms with van der Waals surface area (Å²) in [5.41, 5.74) is -0.0445. The minimum Gasteiger partial charge on any atom is -0.464 e. The molecule has 0 spiro atoms. The predicted molar refractivity (Wildman–Crippen MR) is 50.9 cm³/mol. The van der Waals surface area contributed by atoms with E-state index >= 15 is 0 Å². The molecular weight excluding hydrogens is 219 g/mol. The van der Waals surface area contributed by atoms with Crippen LogP contribution in [0, 0.1) is 0 Å². The van der Waals surface area contributed by atoms with Crippen molar-refractivity contribution in [1.82, 2.24) is 9.78 Å². The van der Waals surface area contributed by atoms with Gasteiger partial charge in [-0.1, -0.05) is 0 Å². The van der Waals surface area contributed by atoms with E-state index in [9.17, 15) is 14.0 Å². The summed E-state index contributed by atoms with van der Waals surface area (Å²) in [6.07, 6.45) is 0. The maximum absolute atomic E-state index is 12.2. The van der Waals surface area contributed by atoms with Gasteiger partial charge < -0.3 is 9.47 Å². The molecule has 0 bridgehead atoms. The van der Waals surface area contributed by atoms with E-state index in [0.29, 0.717) is 0 Å². The lowest BCUT2D eigenvalue weighted by molar-refractivity contribution is 0.0580. The molecule has 0 radical (unpaired) electrons. The van der Waals surface area contributed by atoms with E-state index in [1.54, 1.807) is 0 Å². The molecule has 0 saturated carbocycles. The Labute approximate surface area is 90.9 Å². The average Bonchev–Trinajstić information content (AvgIpc) is 2.71. The van der Waals surface area contributed by atoms with Crippen molar-refractivity contribution in [2.45, 2.75) is 6.54 Å². The number of carbonyl (C=O) groups is 2. The molecule has 1 aromatic rings. The number of rotatable bonds is 4. The summed E-state index contributed by atoms with van der Waals surface area (Å²) >= 11 is 0. The van der Waals surface area contributed by atoms with Crippen molar-refractivity contribution in [3.8, 4) is 0 Å². The van der Waals surface area contributed by atoms with Crippen LogP contribution < -0.4 is 0 Å². The molecule has 0 amide bonds. The Morgan fingerprint density at radius 1 is 1.38 bits per heavy atom. The van der Waals surface area contributed by atoms with Gasteiger partial charge in [0.1, 0.15) is 12.4 Å². The third kappa shape index (κ3) is 2.36. The van der Waals surface area contributed by atoms with Crippen molar-refractivity contribution < 1.29 is 23.5 Å². The molecule has 0 aliphatic heterocycles. The number of methoxy groups -OCH3 is 2. The van der Waals surface area contributed by atoms with Crippen LogP contribution in [-0.4, -0.2) is 42.6 Å². The highest BCUT2D eigenvalue weighted by molar-refractivity contribution is 5.93. The molecule has 0 aliphatic carbocycles. The molecular formula is C9H11FN2O4. The van der Waals surface area contributed by atoms with E-state index in [1.165, 1.54) is 20.3 Å². The van der Waals surface area contributed by atoms with E-state index in [0.717, 1.165) is 4.68 Å². The van der Waals surface area contributed by atoms with E-state index in [1.807, 2.05) is 0 Å². The maximum atomic E-state index is 12.2. The van der Waals surface area contributed by atoms with Gasteiger partial charge in [0.2, 0.25) is 0 Å². The number of halogens is 1. The zero-order valence-electron chi connectivity index (χ0n) is 8.90. The summed E-state index contributed by atoms with van der Waals surface area (Å²) in [6.45, 7) is -0.826. The first-order chi connectivity index (χ1) is 7.63. The van der Waals surface area contributed by atoms with Crippen LogP contribution in [0.3, 0.4) is 0 Å². The van der Waals surface area contributed by atoms with Gasteiger partial charge in [-0.2, -0.15) is 5.10 Å². The number of alkyl halides is 1. The Hall–Kier alpha value is -1.92. The highest BCUT2D eigenvalue weighted by Crippen LogP contribution is 2.07. The van der Waals surface area contributed by atoms with Gasteiger partial charge in [0.25, 0.3) is 0 Å². The van der Waals surface area contributed by atoms with Crippen LogP contribution in [0.25, 0.3) is 0 Å². The Kier molecular flexibility index (Phi) is 3.98. The third-order valence-electron chi connectivity index (χ3n) is 1.87. The Bertz CT molecular complexity index is 402. The molecule has 7 heteroatoms. The fourth-order valence-corrected chi connectivity index (χ4v) is 1.14. The van der Waals surface area contributed by atoms with E-state index in [2.05, 4.69) is 14.6 Å². The maximum Gasteiger partial charge on any atom is 0.358 e. The highest BCUT2D eigenvalue weighted by Gasteiger charge is 2.19. The third-order valence-corrected chi connectivity index (χ3v) is 1.87. The zero-order valence-corrected chi connectivity index (χ0v) is 8.90. The largest absolute Gasteiger partial charge is 0.464 e. The molecule has 16 heavy (non-hydrogen) atoms. The number of aryl methyl sites for hydroxylation is 1. The van der Waals surface area contributed by atoms with Crippen LogP contribution in [0.5, 0.6) is 0 Å². The molecule has 1 rings (SSSR count). The smallest absolute Gasteiger partial charge is 0.358 e. The second-order valence-electron chi connectivity index (χ2n) is 2.81. The quantitative estimate of drug-likeness (QED) is 0.701. The number of ether oxygens (including phenoxy) is 2. The van der Waals surface area contributed by atoms with Gasteiger partial charge >= 0.3 is 11.9 Å². The minimum atomic E-state index is -0.702. The topological polar surface area (TPSA) is 70.4 Å². The van der Waals surface area contributed by atoms with Crippen LogP contribution in [0.2, 0.25) is 0 Å². The molecule has 0 unspecified atom stereocenters. The molecule has 0 N–H and O–H groups in total. The number of esters is 2. The van der Waals surface area contributed by atoms with Crippen LogP contribution in [0.15, 0.2) is 6.07 Å². The molecule has 0 atom stereocenters. The van der Waals surface area contributed by atoms with Gasteiger partial charge in [0.05, 0.1) is 20.8 Å². The second-order valence-corrected chi connectivity index (χ2v) is 2.81. The monoisotopic (exact) mass is 230 g/mol. The SMILES string of the molecule is COC(=O)c1cc(C(=O)OC)n(CCF)n1. The van der Waals surface area contributed by atoms with Crippen LogP contribution in [-0.2, 0) is 16.0 Å². The number of hydrogen-bond donors (Lipinski definition) is 0. The van der Waals surface area contributed by atoms with Crippen LogP contribution >= 0.6 is 0 Å². The molecule has 0 aromatic carbocycles. The van der Waals surface area contributed by atoms with Gasteiger partial charge in [-0.3, -0.25) is 4.68 Å². The summed E-state index contributed by atoms with van der Waals surface area (Å²) in [5.74, 6) is -1.38. The lowest BCUT2D eigenvalue weighted by Crippen LogP contribution is -2.13. The van der Waals surface area contributed by atoms with E-state index < -0.39 is 18.6 Å². The number of nitrogens with zero attached hydrogens (tertiary/aromatic N) is 2. The van der Waals surface area contributed by atoms with Gasteiger partial charge in [-0.25, -0.2) is 14.0 Å². The van der Waals surface area contributed by atoms with E-state index in [-0.39, 0.29) is 17.9 Å². The van der Waals surface area contributed by atoms with Crippen molar-refractivity contribution in [1.29, 1.82) is 0 Å².